The Balaban J connectivity index is 1.76. The number of aryl methyl sites for hydroxylation is 1. The summed E-state index contributed by atoms with van der Waals surface area (Å²) >= 11 is 0. The monoisotopic (exact) mass is 330 g/mol. The van der Waals surface area contributed by atoms with E-state index in [1.54, 1.807) is 12.4 Å². The summed E-state index contributed by atoms with van der Waals surface area (Å²) in [5.41, 5.74) is 4.62. The molecule has 1 N–H and O–H groups in total. The van der Waals surface area contributed by atoms with Crippen molar-refractivity contribution in [3.8, 4) is 0 Å². The number of carbonyl (C=O) groups is 1. The fourth-order valence-electron chi connectivity index (χ4n) is 3.03. The topological polar surface area (TPSA) is 42.0 Å². The Hall–Kier alpha value is -2.94. The van der Waals surface area contributed by atoms with Gasteiger partial charge in [-0.1, -0.05) is 54.6 Å². The van der Waals surface area contributed by atoms with Crippen LogP contribution in [0.25, 0.3) is 0 Å². The summed E-state index contributed by atoms with van der Waals surface area (Å²) in [6.07, 6.45) is 3.91. The smallest absolute Gasteiger partial charge is 0.221 e. The van der Waals surface area contributed by atoms with Gasteiger partial charge in [0.2, 0.25) is 5.91 Å². The number of amides is 1. The molecule has 25 heavy (non-hydrogen) atoms. The highest BCUT2D eigenvalue weighted by atomic mass is 16.1. The maximum absolute atomic E-state index is 12.6. The van der Waals surface area contributed by atoms with Crippen LogP contribution in [-0.4, -0.2) is 10.9 Å². The third-order valence-electron chi connectivity index (χ3n) is 4.39. The Kier molecular flexibility index (Phi) is 5.57. The highest BCUT2D eigenvalue weighted by Crippen LogP contribution is 2.30. The van der Waals surface area contributed by atoms with Gasteiger partial charge in [0, 0.05) is 31.3 Å². The third kappa shape index (κ3) is 4.54. The van der Waals surface area contributed by atoms with Gasteiger partial charge in [-0.25, -0.2) is 0 Å². The summed E-state index contributed by atoms with van der Waals surface area (Å²) in [7, 11) is 0. The van der Waals surface area contributed by atoms with Crippen molar-refractivity contribution in [2.45, 2.75) is 25.8 Å². The first-order valence-electron chi connectivity index (χ1n) is 8.50. The molecular formula is C22H22N2O. The zero-order chi connectivity index (χ0) is 17.5. The van der Waals surface area contributed by atoms with Crippen molar-refractivity contribution in [3.05, 3.63) is 101 Å². The molecule has 1 aromatic heterocycles. The zero-order valence-corrected chi connectivity index (χ0v) is 14.4. The first-order valence-corrected chi connectivity index (χ1v) is 8.50. The molecule has 1 heterocycles. The number of nitrogens with zero attached hydrogens (tertiary/aromatic N) is 1. The van der Waals surface area contributed by atoms with Crippen LogP contribution in [0.15, 0.2) is 79.1 Å². The van der Waals surface area contributed by atoms with Gasteiger partial charge in [-0.3, -0.25) is 9.78 Å². The maximum Gasteiger partial charge on any atom is 0.221 e. The van der Waals surface area contributed by atoms with E-state index in [9.17, 15) is 4.79 Å². The standard InChI is InChI=1S/C22H22N2O/c1-17-7-5-6-10-20(17)21(19-8-3-2-4-9-19)15-22(25)24-16-18-11-13-23-14-12-18/h2-14,21H,15-16H2,1H3,(H,24,25)/t21-/m0/s1. The molecule has 0 radical (unpaired) electrons. The van der Waals surface area contributed by atoms with Gasteiger partial charge < -0.3 is 5.32 Å². The molecule has 2 aromatic carbocycles. The van der Waals surface area contributed by atoms with E-state index in [1.165, 1.54) is 11.1 Å². The van der Waals surface area contributed by atoms with E-state index in [0.29, 0.717) is 13.0 Å². The van der Waals surface area contributed by atoms with Gasteiger partial charge in [0.15, 0.2) is 0 Å². The highest BCUT2D eigenvalue weighted by Gasteiger charge is 2.19. The number of nitrogens with one attached hydrogen (secondary N) is 1. The molecule has 3 aromatic rings. The van der Waals surface area contributed by atoms with Crippen molar-refractivity contribution >= 4 is 5.91 Å². The average Bonchev–Trinajstić information content (AvgIpc) is 2.67. The Labute approximate surface area is 148 Å². The first kappa shape index (κ1) is 16.9. The van der Waals surface area contributed by atoms with E-state index in [1.807, 2.05) is 42.5 Å². The molecule has 0 aliphatic rings. The molecule has 1 amide bonds. The number of pyridine rings is 1. The lowest BCUT2D eigenvalue weighted by molar-refractivity contribution is -0.121. The lowest BCUT2D eigenvalue weighted by Gasteiger charge is -2.20. The average molecular weight is 330 g/mol. The summed E-state index contributed by atoms with van der Waals surface area (Å²) in [6, 6.07) is 22.3. The van der Waals surface area contributed by atoms with Gasteiger partial charge in [0.25, 0.3) is 0 Å². The fourth-order valence-corrected chi connectivity index (χ4v) is 3.03. The number of carbonyl (C=O) groups excluding carboxylic acids is 1. The normalized spacial score (nSPS) is 11.7. The Morgan fingerprint density at radius 2 is 1.64 bits per heavy atom. The van der Waals surface area contributed by atoms with Crippen LogP contribution < -0.4 is 5.32 Å². The Morgan fingerprint density at radius 1 is 0.960 bits per heavy atom. The predicted octanol–water partition coefficient (Wildman–Crippen LogP) is 4.23. The van der Waals surface area contributed by atoms with Crippen LogP contribution in [0, 0.1) is 6.92 Å². The summed E-state index contributed by atoms with van der Waals surface area (Å²) < 4.78 is 0. The Morgan fingerprint density at radius 3 is 2.36 bits per heavy atom. The van der Waals surface area contributed by atoms with E-state index in [-0.39, 0.29) is 11.8 Å². The number of rotatable bonds is 6. The van der Waals surface area contributed by atoms with Crippen LogP contribution in [0.1, 0.15) is 34.6 Å². The van der Waals surface area contributed by atoms with Crippen molar-refractivity contribution in [1.29, 1.82) is 0 Å². The molecule has 0 unspecified atom stereocenters. The van der Waals surface area contributed by atoms with Crippen LogP contribution >= 0.6 is 0 Å². The van der Waals surface area contributed by atoms with Crippen molar-refractivity contribution in [1.82, 2.24) is 10.3 Å². The largest absolute Gasteiger partial charge is 0.352 e. The fraction of sp³-hybridized carbons (Fsp3) is 0.182. The molecular weight excluding hydrogens is 308 g/mol. The van der Waals surface area contributed by atoms with E-state index >= 15 is 0 Å². The summed E-state index contributed by atoms with van der Waals surface area (Å²) in [6.45, 7) is 2.62. The third-order valence-corrected chi connectivity index (χ3v) is 4.39. The van der Waals surface area contributed by atoms with E-state index < -0.39 is 0 Å². The van der Waals surface area contributed by atoms with Crippen molar-refractivity contribution in [2.75, 3.05) is 0 Å². The predicted molar refractivity (Wildman–Crippen MR) is 100 cm³/mol. The van der Waals surface area contributed by atoms with Crippen molar-refractivity contribution in [2.24, 2.45) is 0 Å². The van der Waals surface area contributed by atoms with Crippen molar-refractivity contribution in [3.63, 3.8) is 0 Å². The number of hydrogen-bond donors (Lipinski definition) is 1. The number of hydrogen-bond acceptors (Lipinski definition) is 2. The summed E-state index contributed by atoms with van der Waals surface area (Å²) in [5.74, 6) is 0.105. The van der Waals surface area contributed by atoms with Crippen LogP contribution in [0.3, 0.4) is 0 Å². The number of benzene rings is 2. The molecule has 0 spiro atoms. The summed E-state index contributed by atoms with van der Waals surface area (Å²) in [4.78, 5) is 16.6. The lowest BCUT2D eigenvalue weighted by atomic mass is 9.86. The molecule has 3 heteroatoms. The van der Waals surface area contributed by atoms with Crippen LogP contribution in [-0.2, 0) is 11.3 Å². The van der Waals surface area contributed by atoms with Crippen LogP contribution in [0.2, 0.25) is 0 Å². The lowest BCUT2D eigenvalue weighted by Crippen LogP contribution is -2.25. The molecule has 0 saturated heterocycles. The second-order valence-electron chi connectivity index (χ2n) is 6.16. The van der Waals surface area contributed by atoms with Crippen molar-refractivity contribution < 1.29 is 4.79 Å². The molecule has 0 aliphatic carbocycles. The van der Waals surface area contributed by atoms with E-state index in [2.05, 4.69) is 41.5 Å². The quantitative estimate of drug-likeness (QED) is 0.735. The molecule has 3 nitrogen and oxygen atoms in total. The van der Waals surface area contributed by atoms with Crippen LogP contribution in [0.5, 0.6) is 0 Å². The molecule has 0 aliphatic heterocycles. The Bertz CT molecular complexity index is 816. The molecule has 3 rings (SSSR count). The minimum absolute atomic E-state index is 0.0499. The van der Waals surface area contributed by atoms with E-state index in [0.717, 1.165) is 11.1 Å². The summed E-state index contributed by atoms with van der Waals surface area (Å²) in [5, 5.41) is 3.02. The molecule has 126 valence electrons. The number of aromatic nitrogens is 1. The van der Waals surface area contributed by atoms with E-state index in [4.69, 9.17) is 0 Å². The van der Waals surface area contributed by atoms with Gasteiger partial charge in [-0.05, 0) is 41.3 Å². The highest BCUT2D eigenvalue weighted by molar-refractivity contribution is 5.77. The first-order chi connectivity index (χ1) is 12.2. The second-order valence-corrected chi connectivity index (χ2v) is 6.16. The van der Waals surface area contributed by atoms with Gasteiger partial charge >= 0.3 is 0 Å². The van der Waals surface area contributed by atoms with Crippen LogP contribution in [0.4, 0.5) is 0 Å². The minimum Gasteiger partial charge on any atom is -0.352 e. The minimum atomic E-state index is 0.0499. The molecule has 0 bridgehead atoms. The van der Waals surface area contributed by atoms with Gasteiger partial charge in [-0.15, -0.1) is 0 Å². The van der Waals surface area contributed by atoms with Gasteiger partial charge in [0.05, 0.1) is 0 Å². The molecule has 0 fully saturated rings. The zero-order valence-electron chi connectivity index (χ0n) is 14.4. The second kappa shape index (κ2) is 8.25. The SMILES string of the molecule is Cc1ccccc1[C@@H](CC(=O)NCc1ccncc1)c1ccccc1. The maximum atomic E-state index is 12.6. The molecule has 0 saturated carbocycles. The molecule has 1 atom stereocenters. The van der Waals surface area contributed by atoms with Gasteiger partial charge in [0.1, 0.15) is 0 Å². The van der Waals surface area contributed by atoms with Gasteiger partial charge in [-0.2, -0.15) is 0 Å².